The Bertz CT molecular complexity index is 415. The van der Waals surface area contributed by atoms with Crippen LogP contribution < -0.4 is 4.74 Å². The molecule has 1 aromatic rings. The second-order valence-electron chi connectivity index (χ2n) is 5.07. The topological polar surface area (TPSA) is 35.9 Å². The lowest BCUT2D eigenvalue weighted by Crippen LogP contribution is -2.46. The van der Waals surface area contributed by atoms with Crippen molar-refractivity contribution in [2.45, 2.75) is 19.9 Å². The molecular weight excluding hydrogens is 240 g/mol. The van der Waals surface area contributed by atoms with Gasteiger partial charge in [0.1, 0.15) is 11.5 Å². The van der Waals surface area contributed by atoms with Crippen LogP contribution in [0.4, 0.5) is 0 Å². The highest BCUT2D eigenvalue weighted by atomic mass is 16.5. The summed E-state index contributed by atoms with van der Waals surface area (Å²) in [4.78, 5) is 4.88. The van der Waals surface area contributed by atoms with Crippen molar-refractivity contribution in [3.8, 4) is 11.5 Å². The average Bonchev–Trinajstić information content (AvgIpc) is 2.46. The van der Waals surface area contributed by atoms with Crippen molar-refractivity contribution in [3.63, 3.8) is 0 Å². The van der Waals surface area contributed by atoms with E-state index in [-0.39, 0.29) is 6.04 Å². The summed E-state index contributed by atoms with van der Waals surface area (Å²) in [6.07, 6.45) is 0. The number of rotatable bonds is 4. The molecule has 1 saturated heterocycles. The molecule has 0 saturated carbocycles. The van der Waals surface area contributed by atoms with E-state index in [1.54, 1.807) is 13.2 Å². The van der Waals surface area contributed by atoms with Crippen LogP contribution in [0.1, 0.15) is 25.5 Å². The zero-order valence-corrected chi connectivity index (χ0v) is 12.1. The second-order valence-corrected chi connectivity index (χ2v) is 5.07. The Balaban J connectivity index is 2.05. The molecule has 1 atom stereocenters. The summed E-state index contributed by atoms with van der Waals surface area (Å²) in [5.41, 5.74) is 0.978. The predicted molar refractivity (Wildman–Crippen MR) is 76.8 cm³/mol. The van der Waals surface area contributed by atoms with Crippen molar-refractivity contribution in [2.24, 2.45) is 0 Å². The van der Waals surface area contributed by atoms with Gasteiger partial charge >= 0.3 is 0 Å². The largest absolute Gasteiger partial charge is 0.507 e. The smallest absolute Gasteiger partial charge is 0.124 e. The van der Waals surface area contributed by atoms with Gasteiger partial charge in [0.25, 0.3) is 0 Å². The van der Waals surface area contributed by atoms with E-state index in [1.807, 2.05) is 12.1 Å². The number of aromatic hydroxyl groups is 1. The lowest BCUT2D eigenvalue weighted by atomic mass is 10.0. The van der Waals surface area contributed by atoms with E-state index in [0.29, 0.717) is 11.5 Å². The fraction of sp³-hybridized carbons (Fsp3) is 0.600. The Hall–Kier alpha value is -1.26. The Morgan fingerprint density at radius 2 is 1.95 bits per heavy atom. The van der Waals surface area contributed by atoms with E-state index in [0.717, 1.165) is 38.3 Å². The maximum atomic E-state index is 10.1. The molecule has 1 unspecified atom stereocenters. The third kappa shape index (κ3) is 3.19. The lowest BCUT2D eigenvalue weighted by molar-refractivity contribution is 0.105. The lowest BCUT2D eigenvalue weighted by Gasteiger charge is -2.37. The minimum atomic E-state index is 0.241. The first-order chi connectivity index (χ1) is 9.15. The summed E-state index contributed by atoms with van der Waals surface area (Å²) in [5, 5.41) is 10.1. The van der Waals surface area contributed by atoms with E-state index in [1.165, 1.54) is 0 Å². The first-order valence-electron chi connectivity index (χ1n) is 6.99. The van der Waals surface area contributed by atoms with Gasteiger partial charge in [0.15, 0.2) is 0 Å². The van der Waals surface area contributed by atoms with Gasteiger partial charge in [-0.05, 0) is 19.5 Å². The first-order valence-corrected chi connectivity index (χ1v) is 6.99. The van der Waals surface area contributed by atoms with Crippen LogP contribution in [-0.4, -0.2) is 54.7 Å². The van der Waals surface area contributed by atoms with Gasteiger partial charge < -0.3 is 14.7 Å². The molecule has 2 rings (SSSR count). The monoisotopic (exact) mass is 264 g/mol. The van der Waals surface area contributed by atoms with Crippen LogP contribution >= 0.6 is 0 Å². The van der Waals surface area contributed by atoms with E-state index >= 15 is 0 Å². The second kappa shape index (κ2) is 6.26. The van der Waals surface area contributed by atoms with Gasteiger partial charge in [0.2, 0.25) is 0 Å². The van der Waals surface area contributed by atoms with Crippen molar-refractivity contribution in [1.82, 2.24) is 9.80 Å². The van der Waals surface area contributed by atoms with Crippen molar-refractivity contribution < 1.29 is 9.84 Å². The SMILES string of the molecule is CCN1CCN(C(C)c2ccc(OC)cc2O)CC1. The minimum absolute atomic E-state index is 0.241. The standard InChI is InChI=1S/C15H24N2O2/c1-4-16-7-9-17(10-8-16)12(2)14-6-5-13(19-3)11-15(14)18/h5-6,11-12,18H,4,7-10H2,1-3H3. The highest BCUT2D eigenvalue weighted by Crippen LogP contribution is 2.31. The Labute approximate surface area is 115 Å². The van der Waals surface area contributed by atoms with Gasteiger partial charge in [-0.15, -0.1) is 0 Å². The molecule has 1 heterocycles. The fourth-order valence-corrected chi connectivity index (χ4v) is 2.67. The van der Waals surface area contributed by atoms with Crippen molar-refractivity contribution in [1.29, 1.82) is 0 Å². The number of ether oxygens (including phenoxy) is 1. The highest BCUT2D eigenvalue weighted by Gasteiger charge is 2.23. The quantitative estimate of drug-likeness (QED) is 0.903. The van der Waals surface area contributed by atoms with E-state index in [2.05, 4.69) is 23.6 Å². The molecule has 0 aliphatic carbocycles. The van der Waals surface area contributed by atoms with E-state index in [4.69, 9.17) is 4.74 Å². The van der Waals surface area contributed by atoms with Crippen LogP contribution in [0.3, 0.4) is 0 Å². The number of methoxy groups -OCH3 is 1. The summed E-state index contributed by atoms with van der Waals surface area (Å²) >= 11 is 0. The molecule has 1 aliphatic heterocycles. The molecule has 0 amide bonds. The summed E-state index contributed by atoms with van der Waals surface area (Å²) in [6.45, 7) is 9.81. The fourth-order valence-electron chi connectivity index (χ4n) is 2.67. The van der Waals surface area contributed by atoms with Gasteiger partial charge in [0.05, 0.1) is 7.11 Å². The number of benzene rings is 1. The molecule has 4 nitrogen and oxygen atoms in total. The number of hydrogen-bond acceptors (Lipinski definition) is 4. The number of phenolic OH excluding ortho intramolecular Hbond substituents is 1. The van der Waals surface area contributed by atoms with Crippen LogP contribution in [0, 0.1) is 0 Å². The zero-order valence-electron chi connectivity index (χ0n) is 12.1. The number of piperazine rings is 1. The third-order valence-electron chi connectivity index (χ3n) is 4.09. The Morgan fingerprint density at radius 1 is 1.26 bits per heavy atom. The summed E-state index contributed by atoms with van der Waals surface area (Å²) in [7, 11) is 1.61. The van der Waals surface area contributed by atoms with Crippen LogP contribution in [0.25, 0.3) is 0 Å². The van der Waals surface area contributed by atoms with Crippen LogP contribution in [0.2, 0.25) is 0 Å². The molecule has 0 spiro atoms. The number of phenols is 1. The van der Waals surface area contributed by atoms with Gasteiger partial charge in [-0.3, -0.25) is 4.90 Å². The van der Waals surface area contributed by atoms with Crippen molar-refractivity contribution >= 4 is 0 Å². The Morgan fingerprint density at radius 3 is 2.47 bits per heavy atom. The van der Waals surface area contributed by atoms with Crippen LogP contribution in [0.15, 0.2) is 18.2 Å². The van der Waals surface area contributed by atoms with Crippen molar-refractivity contribution in [2.75, 3.05) is 39.8 Å². The molecule has 1 fully saturated rings. The molecule has 19 heavy (non-hydrogen) atoms. The molecule has 0 radical (unpaired) electrons. The maximum absolute atomic E-state index is 10.1. The zero-order chi connectivity index (χ0) is 13.8. The number of hydrogen-bond donors (Lipinski definition) is 1. The van der Waals surface area contributed by atoms with Gasteiger partial charge in [0, 0.05) is 43.9 Å². The predicted octanol–water partition coefficient (Wildman–Crippen LogP) is 2.10. The summed E-state index contributed by atoms with van der Waals surface area (Å²) in [5.74, 6) is 1.02. The summed E-state index contributed by atoms with van der Waals surface area (Å²) < 4.78 is 5.12. The molecule has 1 N–H and O–H groups in total. The first kappa shape index (κ1) is 14.2. The van der Waals surface area contributed by atoms with Crippen LogP contribution in [0.5, 0.6) is 11.5 Å². The maximum Gasteiger partial charge on any atom is 0.124 e. The van der Waals surface area contributed by atoms with E-state index in [9.17, 15) is 5.11 Å². The van der Waals surface area contributed by atoms with Crippen LogP contribution in [-0.2, 0) is 0 Å². The van der Waals surface area contributed by atoms with Crippen molar-refractivity contribution in [3.05, 3.63) is 23.8 Å². The molecular formula is C15H24N2O2. The summed E-state index contributed by atoms with van der Waals surface area (Å²) in [6, 6.07) is 5.80. The molecule has 1 aromatic carbocycles. The van der Waals surface area contributed by atoms with Gasteiger partial charge in [-0.2, -0.15) is 0 Å². The normalized spacial score (nSPS) is 19.3. The minimum Gasteiger partial charge on any atom is -0.507 e. The van der Waals surface area contributed by atoms with Gasteiger partial charge in [-0.25, -0.2) is 0 Å². The highest BCUT2D eigenvalue weighted by molar-refractivity contribution is 5.41. The Kier molecular flexibility index (Phi) is 4.66. The van der Waals surface area contributed by atoms with E-state index < -0.39 is 0 Å². The third-order valence-corrected chi connectivity index (χ3v) is 4.09. The molecule has 0 aromatic heterocycles. The molecule has 1 aliphatic rings. The van der Waals surface area contributed by atoms with Gasteiger partial charge in [-0.1, -0.05) is 13.0 Å². The molecule has 106 valence electrons. The average molecular weight is 264 g/mol. The molecule has 4 heteroatoms. The number of likely N-dealkylation sites (N-methyl/N-ethyl adjacent to an activating group) is 1. The molecule has 0 bridgehead atoms. The number of nitrogens with zero attached hydrogens (tertiary/aromatic N) is 2.